The van der Waals surface area contributed by atoms with E-state index in [1.807, 2.05) is 10.6 Å². The van der Waals surface area contributed by atoms with Crippen molar-refractivity contribution in [2.75, 3.05) is 17.6 Å². The van der Waals surface area contributed by atoms with Gasteiger partial charge in [-0.05, 0) is 30.9 Å². The molecule has 4 nitrogen and oxygen atoms in total. The highest BCUT2D eigenvalue weighted by molar-refractivity contribution is 6.30. The van der Waals surface area contributed by atoms with Crippen molar-refractivity contribution >= 4 is 23.1 Å². The monoisotopic (exact) mass is 372 g/mol. The van der Waals surface area contributed by atoms with E-state index in [0.717, 1.165) is 38.0 Å². The minimum atomic E-state index is 0. The Morgan fingerprint density at radius 3 is 2.33 bits per heavy atom. The van der Waals surface area contributed by atoms with Crippen LogP contribution < -0.4 is 28.0 Å². The predicted molar refractivity (Wildman–Crippen MR) is 97.5 cm³/mol. The van der Waals surface area contributed by atoms with Crippen LogP contribution in [0.5, 0.6) is 0 Å². The lowest BCUT2D eigenvalue weighted by atomic mass is 10.2. The van der Waals surface area contributed by atoms with Gasteiger partial charge in [0, 0.05) is 6.54 Å². The van der Waals surface area contributed by atoms with Crippen molar-refractivity contribution in [3.63, 3.8) is 0 Å². The molecule has 0 unspecified atom stereocenters. The van der Waals surface area contributed by atoms with Crippen molar-refractivity contribution in [3.8, 4) is 6.07 Å². The number of hydrogen-bond acceptors (Lipinski definition) is 3. The number of nitrogens with two attached hydrogens (primary N) is 1. The van der Waals surface area contributed by atoms with Crippen LogP contribution in [0.25, 0.3) is 0 Å². The van der Waals surface area contributed by atoms with E-state index < -0.39 is 0 Å². The van der Waals surface area contributed by atoms with Crippen LogP contribution >= 0.6 is 11.6 Å². The smallest absolute Gasteiger partial charge is 0.275 e. The zero-order valence-electron chi connectivity index (χ0n) is 14.9. The number of nitrogen functional groups attached to an aromatic ring is 1. The maximum atomic E-state index is 9.44. The zero-order valence-corrected chi connectivity index (χ0v) is 16.4. The molecule has 1 aromatic heterocycles. The van der Waals surface area contributed by atoms with Crippen LogP contribution in [0.1, 0.15) is 70.8 Å². The molecule has 0 fully saturated rings. The molecule has 0 amide bonds. The molecule has 1 aromatic rings. The van der Waals surface area contributed by atoms with E-state index in [1.54, 1.807) is 0 Å². The lowest BCUT2D eigenvalue weighted by molar-refractivity contribution is -0.681. The molecule has 3 N–H and O–H groups in total. The topological polar surface area (TPSA) is 65.7 Å². The van der Waals surface area contributed by atoms with Gasteiger partial charge >= 0.3 is 0 Å². The molecule has 0 aliphatic heterocycles. The number of anilines is 2. The second kappa shape index (κ2) is 13.1. The number of pyridine rings is 1. The molecule has 0 saturated carbocycles. The van der Waals surface area contributed by atoms with Gasteiger partial charge in [0.2, 0.25) is 5.15 Å². The summed E-state index contributed by atoms with van der Waals surface area (Å²) in [6.07, 6.45) is 9.31. The van der Waals surface area contributed by atoms with Gasteiger partial charge in [-0.2, -0.15) is 5.26 Å². The van der Waals surface area contributed by atoms with E-state index in [1.165, 1.54) is 32.1 Å². The van der Waals surface area contributed by atoms with Crippen molar-refractivity contribution in [1.29, 1.82) is 5.26 Å². The normalized spacial score (nSPS) is 10.1. The van der Waals surface area contributed by atoms with Gasteiger partial charge in [0.1, 0.15) is 11.6 Å². The summed E-state index contributed by atoms with van der Waals surface area (Å²) in [5, 5.41) is 13.2. The van der Waals surface area contributed by atoms with E-state index in [0.29, 0.717) is 16.5 Å². The van der Waals surface area contributed by atoms with E-state index in [2.05, 4.69) is 25.2 Å². The number of aromatic nitrogens is 1. The quantitative estimate of drug-likeness (QED) is 0.352. The molecule has 0 radical (unpaired) electrons. The molecule has 1 heterocycles. The maximum absolute atomic E-state index is 9.44. The summed E-state index contributed by atoms with van der Waals surface area (Å²) in [5.41, 5.74) is 7.38. The molecular weight excluding hydrogens is 343 g/mol. The number of nitriles is 1. The van der Waals surface area contributed by atoms with Crippen LogP contribution in [0.4, 0.5) is 11.5 Å². The summed E-state index contributed by atoms with van der Waals surface area (Å²) in [4.78, 5) is 0. The largest absolute Gasteiger partial charge is 1.00 e. The lowest BCUT2D eigenvalue weighted by Crippen LogP contribution is -3.00. The Bertz CT molecular complexity index is 527. The van der Waals surface area contributed by atoms with Crippen LogP contribution in [0.15, 0.2) is 6.07 Å². The first-order valence-corrected chi connectivity index (χ1v) is 9.19. The number of nitrogens with one attached hydrogen (secondary N) is 1. The van der Waals surface area contributed by atoms with E-state index in [9.17, 15) is 5.26 Å². The minimum Gasteiger partial charge on any atom is -1.00 e. The molecule has 24 heavy (non-hydrogen) atoms. The third kappa shape index (κ3) is 7.15. The Labute approximate surface area is 157 Å². The van der Waals surface area contributed by atoms with Crippen molar-refractivity contribution in [2.45, 2.75) is 71.8 Å². The first-order valence-electron chi connectivity index (χ1n) is 8.81. The number of rotatable bonds is 11. The van der Waals surface area contributed by atoms with Gasteiger partial charge in [-0.25, -0.2) is 4.57 Å². The Hall–Kier alpha value is -1.18. The molecule has 136 valence electrons. The molecular formula is C18H30Cl2N4. The summed E-state index contributed by atoms with van der Waals surface area (Å²) in [6, 6.07) is 4.05. The Balaban J connectivity index is 0.00000529. The summed E-state index contributed by atoms with van der Waals surface area (Å²) >= 11 is 6.42. The average Bonchev–Trinajstić information content (AvgIpc) is 2.54. The second-order valence-corrected chi connectivity index (χ2v) is 6.32. The van der Waals surface area contributed by atoms with Gasteiger partial charge in [0.05, 0.1) is 18.3 Å². The van der Waals surface area contributed by atoms with Crippen molar-refractivity contribution < 1.29 is 17.0 Å². The van der Waals surface area contributed by atoms with Crippen LogP contribution in [0, 0.1) is 11.3 Å². The third-order valence-electron chi connectivity index (χ3n) is 4.01. The van der Waals surface area contributed by atoms with Crippen molar-refractivity contribution in [2.24, 2.45) is 0 Å². The number of hydrogen-bond donors (Lipinski definition) is 2. The second-order valence-electron chi connectivity index (χ2n) is 5.96. The van der Waals surface area contributed by atoms with Gasteiger partial charge in [-0.15, -0.1) is 0 Å². The zero-order chi connectivity index (χ0) is 17.1. The van der Waals surface area contributed by atoms with Gasteiger partial charge in [0.25, 0.3) is 5.82 Å². The fraction of sp³-hybridized carbons (Fsp3) is 0.667. The maximum Gasteiger partial charge on any atom is 0.275 e. The number of halogens is 2. The summed E-state index contributed by atoms with van der Waals surface area (Å²) < 4.78 is 1.85. The lowest BCUT2D eigenvalue weighted by Gasteiger charge is -2.12. The number of nitrogens with zero attached hydrogens (tertiary/aromatic N) is 2. The highest BCUT2D eigenvalue weighted by atomic mass is 35.5. The SMILES string of the molecule is CCCCCCNc1cc(N)[n+](CCCCCC)c(Cl)c1C#N.[Cl-]. The first-order chi connectivity index (χ1) is 11.2. The molecule has 0 spiro atoms. The molecule has 1 rings (SSSR count). The Morgan fingerprint density at radius 1 is 1.12 bits per heavy atom. The predicted octanol–water partition coefficient (Wildman–Crippen LogP) is 1.66. The molecule has 0 bridgehead atoms. The molecule has 0 aliphatic rings. The third-order valence-corrected chi connectivity index (χ3v) is 4.40. The van der Waals surface area contributed by atoms with E-state index >= 15 is 0 Å². The first kappa shape index (κ1) is 22.8. The summed E-state index contributed by atoms with van der Waals surface area (Å²) in [6.45, 7) is 5.97. The van der Waals surface area contributed by atoms with E-state index in [-0.39, 0.29) is 12.4 Å². The molecule has 0 aromatic carbocycles. The van der Waals surface area contributed by atoms with Crippen LogP contribution in [0.3, 0.4) is 0 Å². The summed E-state index contributed by atoms with van der Waals surface area (Å²) in [5.74, 6) is 0.613. The fourth-order valence-electron chi connectivity index (χ4n) is 2.60. The van der Waals surface area contributed by atoms with E-state index in [4.69, 9.17) is 17.3 Å². The van der Waals surface area contributed by atoms with Crippen LogP contribution in [0.2, 0.25) is 5.15 Å². The van der Waals surface area contributed by atoms with Crippen molar-refractivity contribution in [1.82, 2.24) is 0 Å². The average molecular weight is 373 g/mol. The number of unbranched alkanes of at least 4 members (excludes halogenated alkanes) is 6. The molecule has 6 heteroatoms. The highest BCUT2D eigenvalue weighted by Gasteiger charge is 2.19. The van der Waals surface area contributed by atoms with Crippen LogP contribution in [-0.4, -0.2) is 6.54 Å². The Morgan fingerprint density at radius 2 is 1.75 bits per heavy atom. The molecule has 0 aliphatic carbocycles. The Kier molecular flexibility index (Phi) is 12.5. The van der Waals surface area contributed by atoms with Gasteiger partial charge in [-0.3, -0.25) is 5.73 Å². The summed E-state index contributed by atoms with van der Waals surface area (Å²) in [7, 11) is 0. The fourth-order valence-corrected chi connectivity index (χ4v) is 2.93. The van der Waals surface area contributed by atoms with Crippen LogP contribution in [-0.2, 0) is 6.54 Å². The van der Waals surface area contributed by atoms with Gasteiger partial charge in [0.15, 0.2) is 0 Å². The minimum absolute atomic E-state index is 0. The highest BCUT2D eigenvalue weighted by Crippen LogP contribution is 2.23. The molecule has 0 atom stereocenters. The standard InChI is InChI=1S/C18H29ClN4.ClH/c1-3-5-7-9-11-22-16-13-17(21)23(12-10-8-6-4-2)18(19)15(16)14-20;/h13H,3-12H2,1-2H3,(H2,21,22);1H. The van der Waals surface area contributed by atoms with Gasteiger partial charge in [-0.1, -0.05) is 46.0 Å². The molecule has 0 saturated heterocycles. The van der Waals surface area contributed by atoms with Crippen molar-refractivity contribution in [3.05, 3.63) is 16.8 Å². The van der Waals surface area contributed by atoms with Gasteiger partial charge < -0.3 is 17.7 Å².